The lowest BCUT2D eigenvalue weighted by Gasteiger charge is -2.38. The molecule has 2 amide bonds. The van der Waals surface area contributed by atoms with Crippen LogP contribution in [0.15, 0.2) is 43.5 Å². The number of anilines is 1. The Morgan fingerprint density at radius 1 is 1.18 bits per heavy atom. The molecule has 1 N–H and O–H groups in total. The van der Waals surface area contributed by atoms with Gasteiger partial charge in [-0.1, -0.05) is 49.8 Å². The number of nitrogens with zero attached hydrogens (tertiary/aromatic N) is 2. The predicted octanol–water partition coefficient (Wildman–Crippen LogP) is 4.20. The second kappa shape index (κ2) is 12.1. The topological polar surface area (TPSA) is 87.1 Å². The van der Waals surface area contributed by atoms with Crippen LogP contribution in [0.5, 0.6) is 0 Å². The number of amides is 2. The molecular formula is C30H40N2O5S. The van der Waals surface area contributed by atoms with Crippen LogP contribution in [0.4, 0.5) is 5.69 Å². The van der Waals surface area contributed by atoms with Gasteiger partial charge in [0.2, 0.25) is 5.91 Å². The van der Waals surface area contributed by atoms with Crippen LogP contribution in [0.1, 0.15) is 49.7 Å². The maximum atomic E-state index is 14.6. The molecule has 0 saturated carbocycles. The normalized spacial score (nSPS) is 27.3. The molecule has 0 radical (unpaired) electrons. The highest BCUT2D eigenvalue weighted by Crippen LogP contribution is 2.66. The maximum absolute atomic E-state index is 14.6. The van der Waals surface area contributed by atoms with Crippen LogP contribution >= 0.6 is 11.8 Å². The third-order valence-corrected chi connectivity index (χ3v) is 10.2. The van der Waals surface area contributed by atoms with Gasteiger partial charge in [0.15, 0.2) is 0 Å². The molecule has 7 nitrogen and oxygen atoms in total. The van der Waals surface area contributed by atoms with E-state index >= 15 is 0 Å². The number of aliphatic hydroxyl groups is 1. The molecule has 5 atom stereocenters. The standard InChI is InChI=1S/C30H40N2O5S/c1-5-16-31(25-20(3)12-11-13-21(25)4)28(35)26-30-15-14-22(38-30)23(29(36)37-19-6-2)24(30)27(34)32(26)17-9-7-8-10-18-33/h5-6,11-13,22-24,26,33H,1-2,7-10,14-19H2,3-4H3/t22-,23+,24+,26?,30?/m1/s1. The van der Waals surface area contributed by atoms with E-state index in [-0.39, 0.29) is 36.2 Å². The molecule has 3 fully saturated rings. The lowest BCUT2D eigenvalue weighted by molar-refractivity contribution is -0.153. The first-order valence-corrected chi connectivity index (χ1v) is 14.6. The number of esters is 1. The number of unbranched alkanes of at least 4 members (excludes halogenated alkanes) is 3. The van der Waals surface area contributed by atoms with Crippen molar-refractivity contribution in [3.63, 3.8) is 0 Å². The summed E-state index contributed by atoms with van der Waals surface area (Å²) in [5.74, 6) is -1.71. The van der Waals surface area contributed by atoms with Gasteiger partial charge in [0.05, 0.1) is 16.6 Å². The highest BCUT2D eigenvalue weighted by Gasteiger charge is 2.74. The van der Waals surface area contributed by atoms with Gasteiger partial charge in [-0.15, -0.1) is 18.3 Å². The number of carbonyl (C=O) groups is 3. The quantitative estimate of drug-likeness (QED) is 0.229. The Balaban J connectivity index is 1.73. The molecular weight excluding hydrogens is 500 g/mol. The largest absolute Gasteiger partial charge is 0.461 e. The molecule has 4 rings (SSSR count). The lowest BCUT2D eigenvalue weighted by Crippen LogP contribution is -2.55. The van der Waals surface area contributed by atoms with Gasteiger partial charge in [-0.25, -0.2) is 0 Å². The number of thioether (sulfide) groups is 1. The number of hydrogen-bond donors (Lipinski definition) is 1. The van der Waals surface area contributed by atoms with E-state index in [9.17, 15) is 14.4 Å². The number of ether oxygens (including phenoxy) is 1. The summed E-state index contributed by atoms with van der Waals surface area (Å²) in [5.41, 5.74) is 2.83. The number of aliphatic hydroxyl groups excluding tert-OH is 1. The fourth-order valence-electron chi connectivity index (χ4n) is 6.73. The molecule has 3 heterocycles. The summed E-state index contributed by atoms with van der Waals surface area (Å²) in [5, 5.41) is 9.11. The zero-order valence-corrected chi connectivity index (χ0v) is 23.4. The maximum Gasteiger partial charge on any atom is 0.311 e. The minimum Gasteiger partial charge on any atom is -0.461 e. The number of aryl methyl sites for hydroxylation is 2. The first-order chi connectivity index (χ1) is 18.3. The van der Waals surface area contributed by atoms with Crippen LogP contribution in [0, 0.1) is 25.7 Å². The van der Waals surface area contributed by atoms with Crippen molar-refractivity contribution in [2.24, 2.45) is 11.8 Å². The van der Waals surface area contributed by atoms with Gasteiger partial charge in [-0.2, -0.15) is 0 Å². The summed E-state index contributed by atoms with van der Waals surface area (Å²) in [6, 6.07) is 5.30. The Bertz CT molecular complexity index is 1070. The SMILES string of the molecule is C=CCOC(=O)[C@@H]1[C@H]2C(=O)N(CCCCCCO)C(C(=O)N(CC=C)c3c(C)cccc3C)C23CC[C@H]1S3. The smallest absolute Gasteiger partial charge is 0.311 e. The fourth-order valence-corrected chi connectivity index (χ4v) is 8.93. The first-order valence-electron chi connectivity index (χ1n) is 13.7. The molecule has 3 aliphatic rings. The summed E-state index contributed by atoms with van der Waals surface area (Å²) >= 11 is 1.65. The van der Waals surface area contributed by atoms with E-state index in [1.165, 1.54) is 6.08 Å². The molecule has 1 spiro atoms. The molecule has 38 heavy (non-hydrogen) atoms. The molecule has 1 aromatic rings. The Kier molecular flexibility index (Phi) is 9.04. The predicted molar refractivity (Wildman–Crippen MR) is 151 cm³/mol. The number of likely N-dealkylation sites (tertiary alicyclic amines) is 1. The molecule has 3 saturated heterocycles. The van der Waals surface area contributed by atoms with Gasteiger partial charge in [0.1, 0.15) is 12.6 Å². The van der Waals surface area contributed by atoms with Gasteiger partial charge >= 0.3 is 5.97 Å². The third-order valence-electron chi connectivity index (χ3n) is 8.24. The summed E-state index contributed by atoms with van der Waals surface area (Å²) in [4.78, 5) is 45.4. The van der Waals surface area contributed by atoms with Gasteiger partial charge in [0.25, 0.3) is 5.91 Å². The number of fused-ring (bicyclic) bond motifs is 1. The number of carbonyl (C=O) groups excluding carboxylic acids is 3. The van der Waals surface area contributed by atoms with Crippen LogP contribution in [0.2, 0.25) is 0 Å². The van der Waals surface area contributed by atoms with E-state index in [0.29, 0.717) is 13.1 Å². The van der Waals surface area contributed by atoms with Crippen molar-refractivity contribution >= 4 is 35.2 Å². The Morgan fingerprint density at radius 3 is 2.55 bits per heavy atom. The molecule has 0 aliphatic carbocycles. The van der Waals surface area contributed by atoms with Crippen molar-refractivity contribution < 1.29 is 24.2 Å². The molecule has 8 heteroatoms. The first kappa shape index (κ1) is 28.4. The average Bonchev–Trinajstić information content (AvgIpc) is 3.53. The fraction of sp³-hybridized carbons (Fsp3) is 0.567. The van der Waals surface area contributed by atoms with E-state index < -0.39 is 22.6 Å². The summed E-state index contributed by atoms with van der Waals surface area (Å²) in [7, 11) is 0. The van der Waals surface area contributed by atoms with E-state index in [1.54, 1.807) is 27.6 Å². The van der Waals surface area contributed by atoms with Crippen LogP contribution in [0.25, 0.3) is 0 Å². The molecule has 0 aromatic heterocycles. The van der Waals surface area contributed by atoms with Crippen molar-refractivity contribution in [2.75, 3.05) is 31.2 Å². The second-order valence-corrected chi connectivity index (χ2v) is 12.2. The molecule has 206 valence electrons. The molecule has 1 aromatic carbocycles. The summed E-state index contributed by atoms with van der Waals surface area (Å²) in [6.07, 6.45) is 7.94. The minimum atomic E-state index is -0.663. The monoisotopic (exact) mass is 540 g/mol. The Hall–Kier alpha value is -2.58. The second-order valence-electron chi connectivity index (χ2n) is 10.6. The summed E-state index contributed by atoms with van der Waals surface area (Å²) in [6.45, 7) is 12.6. The number of hydrogen-bond acceptors (Lipinski definition) is 6. The van der Waals surface area contributed by atoms with E-state index in [1.807, 2.05) is 32.0 Å². The number of benzene rings is 1. The Morgan fingerprint density at radius 2 is 1.89 bits per heavy atom. The molecule has 2 unspecified atom stereocenters. The van der Waals surface area contributed by atoms with Crippen molar-refractivity contribution in [1.29, 1.82) is 0 Å². The zero-order valence-electron chi connectivity index (χ0n) is 22.6. The highest BCUT2D eigenvalue weighted by molar-refractivity contribution is 8.02. The number of rotatable bonds is 13. The van der Waals surface area contributed by atoms with E-state index in [4.69, 9.17) is 9.84 Å². The van der Waals surface area contributed by atoms with Crippen molar-refractivity contribution in [1.82, 2.24) is 4.90 Å². The van der Waals surface area contributed by atoms with Gasteiger partial charge in [-0.3, -0.25) is 14.4 Å². The van der Waals surface area contributed by atoms with Gasteiger partial charge < -0.3 is 19.6 Å². The minimum absolute atomic E-state index is 0.0312. The van der Waals surface area contributed by atoms with Crippen molar-refractivity contribution in [3.05, 3.63) is 54.6 Å². The number of para-hydroxylation sites is 1. The summed E-state index contributed by atoms with van der Waals surface area (Å²) < 4.78 is 4.80. The molecule has 3 aliphatic heterocycles. The average molecular weight is 541 g/mol. The highest BCUT2D eigenvalue weighted by atomic mass is 32.2. The van der Waals surface area contributed by atoms with Crippen LogP contribution in [0.3, 0.4) is 0 Å². The zero-order chi connectivity index (χ0) is 27.4. The van der Waals surface area contributed by atoms with E-state index in [2.05, 4.69) is 13.2 Å². The van der Waals surface area contributed by atoms with Gasteiger partial charge in [0, 0.05) is 30.6 Å². The van der Waals surface area contributed by atoms with Crippen LogP contribution in [-0.4, -0.2) is 70.1 Å². The van der Waals surface area contributed by atoms with Crippen LogP contribution < -0.4 is 4.90 Å². The lowest BCUT2D eigenvalue weighted by atomic mass is 9.71. The van der Waals surface area contributed by atoms with Crippen LogP contribution in [-0.2, 0) is 19.1 Å². The third kappa shape index (κ3) is 4.93. The Labute approximate surface area is 230 Å². The van der Waals surface area contributed by atoms with Crippen molar-refractivity contribution in [3.8, 4) is 0 Å². The molecule has 2 bridgehead atoms. The van der Waals surface area contributed by atoms with E-state index in [0.717, 1.165) is 55.3 Å². The van der Waals surface area contributed by atoms with Gasteiger partial charge in [-0.05, 0) is 50.7 Å². The van der Waals surface area contributed by atoms with Crippen molar-refractivity contribution in [2.45, 2.75) is 68.4 Å².